The van der Waals surface area contributed by atoms with E-state index in [1.807, 2.05) is 17.7 Å². The van der Waals surface area contributed by atoms with Crippen LogP contribution in [0.15, 0.2) is 10.8 Å². The van der Waals surface area contributed by atoms with E-state index in [4.69, 9.17) is 5.26 Å². The zero-order valence-corrected chi connectivity index (χ0v) is 10.2. The molecule has 0 fully saturated rings. The van der Waals surface area contributed by atoms with Gasteiger partial charge in [-0.1, -0.05) is 0 Å². The predicted octanol–water partition coefficient (Wildman–Crippen LogP) is 1.39. The molecule has 0 spiro atoms. The highest BCUT2D eigenvalue weighted by Gasteiger charge is 2.19. The normalized spacial score (nSPS) is 13.4. The van der Waals surface area contributed by atoms with Gasteiger partial charge in [-0.2, -0.15) is 16.6 Å². The highest BCUT2D eigenvalue weighted by molar-refractivity contribution is 7.90. The SMILES string of the molecule is Cc1cscc1CNS(=O)(=O)C(C)C#N. The zero-order valence-electron chi connectivity index (χ0n) is 8.52. The first-order valence-electron chi connectivity index (χ1n) is 4.37. The number of rotatable bonds is 4. The minimum Gasteiger partial charge on any atom is -0.211 e. The Morgan fingerprint density at radius 3 is 2.73 bits per heavy atom. The third kappa shape index (κ3) is 3.02. The molecule has 1 rings (SSSR count). The summed E-state index contributed by atoms with van der Waals surface area (Å²) in [6.07, 6.45) is 0. The van der Waals surface area contributed by atoms with E-state index >= 15 is 0 Å². The maximum absolute atomic E-state index is 11.4. The van der Waals surface area contributed by atoms with E-state index in [0.717, 1.165) is 11.1 Å². The Morgan fingerprint density at radius 2 is 2.27 bits per heavy atom. The van der Waals surface area contributed by atoms with Crippen molar-refractivity contribution in [3.63, 3.8) is 0 Å². The van der Waals surface area contributed by atoms with Gasteiger partial charge in [-0.15, -0.1) is 0 Å². The first-order chi connectivity index (χ1) is 6.97. The minimum atomic E-state index is -3.51. The lowest BCUT2D eigenvalue weighted by Gasteiger charge is -2.07. The molecule has 1 N–H and O–H groups in total. The molecule has 1 aromatic rings. The molecule has 0 saturated heterocycles. The summed E-state index contributed by atoms with van der Waals surface area (Å²) in [6, 6.07) is 1.70. The van der Waals surface area contributed by atoms with E-state index in [9.17, 15) is 8.42 Å². The third-order valence-corrected chi connectivity index (χ3v) is 4.57. The van der Waals surface area contributed by atoms with Crippen molar-refractivity contribution in [2.75, 3.05) is 0 Å². The van der Waals surface area contributed by atoms with Gasteiger partial charge >= 0.3 is 0 Å². The van der Waals surface area contributed by atoms with Crippen LogP contribution in [-0.2, 0) is 16.6 Å². The molecule has 0 aliphatic carbocycles. The summed E-state index contributed by atoms with van der Waals surface area (Å²) in [5, 5.41) is 11.4. The Kier molecular flexibility index (Phi) is 3.85. The maximum Gasteiger partial charge on any atom is 0.227 e. The monoisotopic (exact) mass is 244 g/mol. The summed E-state index contributed by atoms with van der Waals surface area (Å²) < 4.78 is 25.3. The smallest absolute Gasteiger partial charge is 0.211 e. The zero-order chi connectivity index (χ0) is 11.5. The van der Waals surface area contributed by atoms with Gasteiger partial charge in [-0.3, -0.25) is 0 Å². The van der Waals surface area contributed by atoms with Crippen molar-refractivity contribution in [3.8, 4) is 6.07 Å². The van der Waals surface area contributed by atoms with Gasteiger partial charge in [0.25, 0.3) is 0 Å². The van der Waals surface area contributed by atoms with Gasteiger partial charge < -0.3 is 0 Å². The topological polar surface area (TPSA) is 70.0 Å². The van der Waals surface area contributed by atoms with Crippen LogP contribution >= 0.6 is 11.3 Å². The Hall–Kier alpha value is -0.900. The fourth-order valence-electron chi connectivity index (χ4n) is 0.941. The van der Waals surface area contributed by atoms with Gasteiger partial charge in [0, 0.05) is 6.54 Å². The summed E-state index contributed by atoms with van der Waals surface area (Å²) in [5.41, 5.74) is 2.01. The van der Waals surface area contributed by atoms with Crippen molar-refractivity contribution >= 4 is 21.4 Å². The molecule has 0 aliphatic rings. The minimum absolute atomic E-state index is 0.254. The molecule has 6 heteroatoms. The van der Waals surface area contributed by atoms with E-state index < -0.39 is 15.3 Å². The Morgan fingerprint density at radius 1 is 1.60 bits per heavy atom. The van der Waals surface area contributed by atoms with Crippen LogP contribution in [-0.4, -0.2) is 13.7 Å². The van der Waals surface area contributed by atoms with Crippen molar-refractivity contribution < 1.29 is 8.42 Å². The number of thiophene rings is 1. The average Bonchev–Trinajstić information content (AvgIpc) is 2.60. The second kappa shape index (κ2) is 4.75. The quantitative estimate of drug-likeness (QED) is 0.870. The van der Waals surface area contributed by atoms with E-state index in [-0.39, 0.29) is 6.54 Å². The Bertz CT molecular complexity index is 471. The van der Waals surface area contributed by atoms with Gasteiger partial charge in [0.05, 0.1) is 6.07 Å². The molecule has 0 bridgehead atoms. The van der Waals surface area contributed by atoms with Gasteiger partial charge in [0.15, 0.2) is 5.25 Å². The van der Waals surface area contributed by atoms with Crippen LogP contribution in [0.3, 0.4) is 0 Å². The Balaban J connectivity index is 2.67. The summed E-state index contributed by atoms with van der Waals surface area (Å²) >= 11 is 1.53. The lowest BCUT2D eigenvalue weighted by Crippen LogP contribution is -2.31. The van der Waals surface area contributed by atoms with Gasteiger partial charge in [0.2, 0.25) is 10.0 Å². The number of nitriles is 1. The molecule has 0 aromatic carbocycles. The van der Waals surface area contributed by atoms with Gasteiger partial charge in [-0.05, 0) is 35.7 Å². The molecule has 1 unspecified atom stereocenters. The van der Waals surface area contributed by atoms with Crippen LogP contribution in [0.5, 0.6) is 0 Å². The summed E-state index contributed by atoms with van der Waals surface area (Å²) in [6.45, 7) is 3.54. The number of hydrogen-bond acceptors (Lipinski definition) is 4. The number of nitrogens with one attached hydrogen (secondary N) is 1. The van der Waals surface area contributed by atoms with E-state index in [1.165, 1.54) is 18.3 Å². The van der Waals surface area contributed by atoms with Crippen molar-refractivity contribution in [1.82, 2.24) is 4.72 Å². The molecule has 1 heterocycles. The van der Waals surface area contributed by atoms with E-state index in [1.54, 1.807) is 6.07 Å². The van der Waals surface area contributed by atoms with Crippen molar-refractivity contribution in [3.05, 3.63) is 21.9 Å². The summed E-state index contributed by atoms with van der Waals surface area (Å²) in [7, 11) is -3.51. The number of nitrogens with zero attached hydrogens (tertiary/aromatic N) is 1. The predicted molar refractivity (Wildman–Crippen MR) is 59.9 cm³/mol. The van der Waals surface area contributed by atoms with Crippen LogP contribution in [0, 0.1) is 18.3 Å². The van der Waals surface area contributed by atoms with Crippen molar-refractivity contribution in [2.24, 2.45) is 0 Å². The molecular weight excluding hydrogens is 232 g/mol. The number of aryl methyl sites for hydroxylation is 1. The van der Waals surface area contributed by atoms with Gasteiger partial charge in [-0.25, -0.2) is 13.1 Å². The molecule has 15 heavy (non-hydrogen) atoms. The Labute approximate surface area is 93.6 Å². The fourth-order valence-corrected chi connectivity index (χ4v) is 2.54. The second-order valence-corrected chi connectivity index (χ2v) is 6.05. The molecule has 0 aliphatic heterocycles. The standard InChI is InChI=1S/C9H12N2O2S2/c1-7-5-14-6-9(7)4-11-15(12,13)8(2)3-10/h5-6,8,11H,4H2,1-2H3. The first-order valence-corrected chi connectivity index (χ1v) is 6.86. The highest BCUT2D eigenvalue weighted by Crippen LogP contribution is 2.13. The molecule has 0 saturated carbocycles. The molecular formula is C9H12N2O2S2. The van der Waals surface area contributed by atoms with Crippen LogP contribution in [0.2, 0.25) is 0 Å². The first kappa shape index (κ1) is 12.2. The lowest BCUT2D eigenvalue weighted by atomic mass is 10.2. The lowest BCUT2D eigenvalue weighted by molar-refractivity contribution is 0.577. The molecule has 0 amide bonds. The maximum atomic E-state index is 11.4. The number of hydrogen-bond donors (Lipinski definition) is 1. The second-order valence-electron chi connectivity index (χ2n) is 3.22. The average molecular weight is 244 g/mol. The number of sulfonamides is 1. The van der Waals surface area contributed by atoms with E-state index in [2.05, 4.69) is 4.72 Å². The molecule has 4 nitrogen and oxygen atoms in total. The van der Waals surface area contributed by atoms with Gasteiger partial charge in [0.1, 0.15) is 0 Å². The largest absolute Gasteiger partial charge is 0.227 e. The molecule has 82 valence electrons. The van der Waals surface area contributed by atoms with Crippen LogP contribution in [0.1, 0.15) is 18.1 Å². The highest BCUT2D eigenvalue weighted by atomic mass is 32.2. The summed E-state index contributed by atoms with van der Waals surface area (Å²) in [5.74, 6) is 0. The molecule has 0 radical (unpaired) electrons. The van der Waals surface area contributed by atoms with Crippen LogP contribution < -0.4 is 4.72 Å². The molecule has 1 atom stereocenters. The van der Waals surface area contributed by atoms with E-state index in [0.29, 0.717) is 0 Å². The van der Waals surface area contributed by atoms with Crippen molar-refractivity contribution in [1.29, 1.82) is 5.26 Å². The van der Waals surface area contributed by atoms with Crippen LogP contribution in [0.4, 0.5) is 0 Å². The summed E-state index contributed by atoms with van der Waals surface area (Å²) in [4.78, 5) is 0. The third-order valence-electron chi connectivity index (χ3n) is 2.07. The van der Waals surface area contributed by atoms with Crippen molar-refractivity contribution in [2.45, 2.75) is 25.6 Å². The molecule has 1 aromatic heterocycles. The van der Waals surface area contributed by atoms with Crippen LogP contribution in [0.25, 0.3) is 0 Å². The fraction of sp³-hybridized carbons (Fsp3) is 0.444.